The van der Waals surface area contributed by atoms with Crippen molar-refractivity contribution < 1.29 is 19.0 Å². The first-order valence-electron chi connectivity index (χ1n) is 10.7. The van der Waals surface area contributed by atoms with E-state index in [9.17, 15) is 4.79 Å². The van der Waals surface area contributed by atoms with E-state index >= 15 is 0 Å². The maximum Gasteiger partial charge on any atom is 0.253 e. The van der Waals surface area contributed by atoms with Crippen molar-refractivity contribution in [2.24, 2.45) is 0 Å². The number of para-hydroxylation sites is 1. The average molecular weight is 423 g/mol. The van der Waals surface area contributed by atoms with Crippen molar-refractivity contribution in [3.8, 4) is 5.75 Å². The summed E-state index contributed by atoms with van der Waals surface area (Å²) < 4.78 is 18.3. The van der Waals surface area contributed by atoms with Gasteiger partial charge in [0.2, 0.25) is 0 Å². The number of carbonyl (C=O) groups excluding carboxylic acids is 1. The molecule has 2 aromatic carbocycles. The predicted octanol–water partition coefficient (Wildman–Crippen LogP) is 3.77. The number of benzene rings is 2. The molecule has 3 aromatic rings. The first-order chi connectivity index (χ1) is 15.2. The van der Waals surface area contributed by atoms with Crippen LogP contribution >= 0.6 is 0 Å². The van der Waals surface area contributed by atoms with E-state index in [1.54, 1.807) is 14.2 Å². The van der Waals surface area contributed by atoms with Crippen molar-refractivity contribution in [2.45, 2.75) is 24.8 Å². The molecular weight excluding hydrogens is 392 g/mol. The molecule has 1 aliphatic rings. The summed E-state index contributed by atoms with van der Waals surface area (Å²) in [6, 6.07) is 16.2. The van der Waals surface area contributed by atoms with Crippen molar-refractivity contribution in [3.63, 3.8) is 0 Å². The van der Waals surface area contributed by atoms with Gasteiger partial charge in [0.05, 0.1) is 19.3 Å². The van der Waals surface area contributed by atoms with Gasteiger partial charge in [-0.1, -0.05) is 30.3 Å². The number of nitrogens with zero attached hydrogens (tertiary/aromatic N) is 1. The van der Waals surface area contributed by atoms with E-state index in [-0.39, 0.29) is 11.3 Å². The van der Waals surface area contributed by atoms with Crippen LogP contribution in [0.1, 0.15) is 28.8 Å². The highest BCUT2D eigenvalue weighted by molar-refractivity contribution is 6.07. The highest BCUT2D eigenvalue weighted by atomic mass is 16.5. The smallest absolute Gasteiger partial charge is 0.253 e. The molecular formula is C25H30N2O4. The molecule has 1 N–H and O–H groups in total. The summed E-state index contributed by atoms with van der Waals surface area (Å²) in [4.78, 5) is 13.3. The summed E-state index contributed by atoms with van der Waals surface area (Å²) in [6.07, 6.45) is 3.67. The molecule has 31 heavy (non-hydrogen) atoms. The number of rotatable bonds is 8. The minimum atomic E-state index is -0.144. The highest BCUT2D eigenvalue weighted by Gasteiger charge is 2.35. The van der Waals surface area contributed by atoms with Crippen molar-refractivity contribution in [3.05, 3.63) is 65.9 Å². The number of carbonyl (C=O) groups is 1. The largest absolute Gasteiger partial charge is 0.497 e. The Labute approximate surface area is 183 Å². The number of nitrogens with one attached hydrogen (secondary N) is 1. The Bertz CT molecular complexity index is 1020. The van der Waals surface area contributed by atoms with Crippen LogP contribution in [-0.4, -0.2) is 51.1 Å². The fourth-order valence-corrected chi connectivity index (χ4v) is 4.42. The molecule has 6 nitrogen and oxygen atoms in total. The van der Waals surface area contributed by atoms with Crippen molar-refractivity contribution >= 4 is 16.8 Å². The van der Waals surface area contributed by atoms with Crippen LogP contribution in [0.25, 0.3) is 10.9 Å². The third-order valence-corrected chi connectivity index (χ3v) is 6.31. The SMILES string of the molecule is COCCn1cc(C(=O)NCC2(c3ccc(OC)cc3)CCOCC2)c2ccccc21. The molecule has 0 unspecified atom stereocenters. The van der Waals surface area contributed by atoms with Crippen LogP contribution in [-0.2, 0) is 21.4 Å². The molecule has 1 saturated heterocycles. The van der Waals surface area contributed by atoms with Crippen LogP contribution in [0.4, 0.5) is 0 Å². The van der Waals surface area contributed by atoms with Gasteiger partial charge < -0.3 is 24.1 Å². The van der Waals surface area contributed by atoms with Crippen molar-refractivity contribution in [1.29, 1.82) is 0 Å². The molecule has 0 atom stereocenters. The van der Waals surface area contributed by atoms with Crippen LogP contribution in [0.5, 0.6) is 5.75 Å². The molecule has 2 heterocycles. The van der Waals surface area contributed by atoms with Gasteiger partial charge >= 0.3 is 0 Å². The topological polar surface area (TPSA) is 61.7 Å². The lowest BCUT2D eigenvalue weighted by molar-refractivity contribution is 0.0487. The summed E-state index contributed by atoms with van der Waals surface area (Å²) in [7, 11) is 3.36. The lowest BCUT2D eigenvalue weighted by Gasteiger charge is -2.38. The third-order valence-electron chi connectivity index (χ3n) is 6.31. The van der Waals surface area contributed by atoms with E-state index in [1.165, 1.54) is 5.56 Å². The standard InChI is InChI=1S/C25H30N2O4/c1-29-16-13-27-17-22(21-5-3-4-6-23(21)27)24(28)26-18-25(11-14-31-15-12-25)19-7-9-20(30-2)10-8-19/h3-10,17H,11-16,18H2,1-2H3,(H,26,28). The Kier molecular flexibility index (Phi) is 6.59. The van der Waals surface area contributed by atoms with Gasteiger partial charge in [-0.15, -0.1) is 0 Å². The maximum atomic E-state index is 13.3. The molecule has 1 amide bonds. The minimum absolute atomic E-state index is 0.0493. The van der Waals surface area contributed by atoms with E-state index in [1.807, 2.05) is 42.6 Å². The van der Waals surface area contributed by atoms with E-state index in [4.69, 9.17) is 14.2 Å². The Hall–Kier alpha value is -2.83. The number of hydrogen-bond acceptors (Lipinski definition) is 4. The molecule has 1 aromatic heterocycles. The van der Waals surface area contributed by atoms with Gasteiger partial charge in [0.25, 0.3) is 5.91 Å². The monoisotopic (exact) mass is 422 g/mol. The van der Waals surface area contributed by atoms with Gasteiger partial charge in [0.1, 0.15) is 5.75 Å². The van der Waals surface area contributed by atoms with Gasteiger partial charge in [-0.05, 0) is 36.6 Å². The van der Waals surface area contributed by atoms with Gasteiger partial charge in [-0.3, -0.25) is 4.79 Å². The molecule has 4 rings (SSSR count). The van der Waals surface area contributed by atoms with Crippen LogP contribution in [0.15, 0.2) is 54.7 Å². The molecule has 0 spiro atoms. The molecule has 164 valence electrons. The molecule has 0 bridgehead atoms. The van der Waals surface area contributed by atoms with Crippen LogP contribution < -0.4 is 10.1 Å². The fraction of sp³-hybridized carbons (Fsp3) is 0.400. The Morgan fingerprint density at radius 3 is 2.55 bits per heavy atom. The second kappa shape index (κ2) is 9.54. The summed E-state index contributed by atoms with van der Waals surface area (Å²) in [5.41, 5.74) is 2.80. The summed E-state index contributed by atoms with van der Waals surface area (Å²) >= 11 is 0. The summed E-state index contributed by atoms with van der Waals surface area (Å²) in [5.74, 6) is 0.783. The van der Waals surface area contributed by atoms with E-state index in [2.05, 4.69) is 22.0 Å². The van der Waals surface area contributed by atoms with Gasteiger partial charge in [0, 0.05) is 55.9 Å². The minimum Gasteiger partial charge on any atom is -0.497 e. The van der Waals surface area contributed by atoms with Crippen LogP contribution in [0.2, 0.25) is 0 Å². The summed E-state index contributed by atoms with van der Waals surface area (Å²) in [5, 5.41) is 4.19. The lowest BCUT2D eigenvalue weighted by Crippen LogP contribution is -2.44. The van der Waals surface area contributed by atoms with Crippen molar-refractivity contribution in [2.75, 3.05) is 40.6 Å². The number of amides is 1. The first kappa shape index (κ1) is 21.4. The predicted molar refractivity (Wildman–Crippen MR) is 121 cm³/mol. The third kappa shape index (κ3) is 4.45. The Morgan fingerprint density at radius 1 is 1.10 bits per heavy atom. The molecule has 0 radical (unpaired) electrons. The molecule has 1 aliphatic heterocycles. The normalized spacial score (nSPS) is 15.7. The molecule has 6 heteroatoms. The first-order valence-corrected chi connectivity index (χ1v) is 10.7. The number of ether oxygens (including phenoxy) is 3. The van der Waals surface area contributed by atoms with Gasteiger partial charge in [-0.25, -0.2) is 0 Å². The number of hydrogen-bond donors (Lipinski definition) is 1. The number of methoxy groups -OCH3 is 2. The summed E-state index contributed by atoms with van der Waals surface area (Å²) in [6.45, 7) is 3.26. The second-order valence-electron chi connectivity index (χ2n) is 8.05. The molecule has 0 aliphatic carbocycles. The van der Waals surface area contributed by atoms with Gasteiger partial charge in [-0.2, -0.15) is 0 Å². The zero-order valence-electron chi connectivity index (χ0n) is 18.2. The average Bonchev–Trinajstić information content (AvgIpc) is 3.20. The van der Waals surface area contributed by atoms with E-state index < -0.39 is 0 Å². The zero-order chi connectivity index (χ0) is 21.7. The highest BCUT2D eigenvalue weighted by Crippen LogP contribution is 2.35. The Morgan fingerprint density at radius 2 is 1.84 bits per heavy atom. The Balaban J connectivity index is 1.57. The number of fused-ring (bicyclic) bond motifs is 1. The molecule has 1 fully saturated rings. The number of aromatic nitrogens is 1. The second-order valence-corrected chi connectivity index (χ2v) is 8.05. The fourth-order valence-electron chi connectivity index (χ4n) is 4.42. The molecule has 0 saturated carbocycles. The van der Waals surface area contributed by atoms with Crippen molar-refractivity contribution in [1.82, 2.24) is 9.88 Å². The quantitative estimate of drug-likeness (QED) is 0.600. The van der Waals surface area contributed by atoms with Gasteiger partial charge in [0.15, 0.2) is 0 Å². The lowest BCUT2D eigenvalue weighted by atomic mass is 9.74. The van der Waals surface area contributed by atoms with Crippen LogP contribution in [0.3, 0.4) is 0 Å². The van der Waals surface area contributed by atoms with Crippen LogP contribution in [0, 0.1) is 0 Å². The maximum absolute atomic E-state index is 13.3. The zero-order valence-corrected chi connectivity index (χ0v) is 18.2. The van der Waals surface area contributed by atoms with E-state index in [0.717, 1.165) is 29.5 Å². The van der Waals surface area contributed by atoms with E-state index in [0.29, 0.717) is 38.5 Å².